The van der Waals surface area contributed by atoms with E-state index in [0.717, 1.165) is 18.9 Å². The van der Waals surface area contributed by atoms with E-state index >= 15 is 0 Å². The van der Waals surface area contributed by atoms with E-state index in [2.05, 4.69) is 37.9 Å². The van der Waals surface area contributed by atoms with Gasteiger partial charge in [0.05, 0.1) is 11.7 Å². The molecule has 0 radical (unpaired) electrons. The molecule has 1 heterocycles. The van der Waals surface area contributed by atoms with Gasteiger partial charge in [0, 0.05) is 6.54 Å². The van der Waals surface area contributed by atoms with Crippen LogP contribution in [0.15, 0.2) is 0 Å². The zero-order valence-electron chi connectivity index (χ0n) is 13.7. The van der Waals surface area contributed by atoms with Crippen LogP contribution in [0.25, 0.3) is 0 Å². The van der Waals surface area contributed by atoms with E-state index < -0.39 is 0 Å². The number of nitrogens with one attached hydrogen (secondary N) is 1. The molecule has 2 atom stereocenters. The van der Waals surface area contributed by atoms with E-state index in [1.807, 2.05) is 0 Å². The Balaban J connectivity index is 1.97. The fourth-order valence-corrected chi connectivity index (χ4v) is 3.73. The SMILES string of the molecule is CCC1(C)NC(C(C)C)N(CCC2CCCCC2)C1=O. The zero-order valence-corrected chi connectivity index (χ0v) is 13.7. The quantitative estimate of drug-likeness (QED) is 0.835. The van der Waals surface area contributed by atoms with Gasteiger partial charge < -0.3 is 4.90 Å². The van der Waals surface area contributed by atoms with Gasteiger partial charge in [0.25, 0.3) is 0 Å². The molecule has 20 heavy (non-hydrogen) atoms. The third-order valence-electron chi connectivity index (χ3n) is 5.38. The minimum absolute atomic E-state index is 0.219. The first kappa shape index (κ1) is 15.8. The maximum atomic E-state index is 12.7. The van der Waals surface area contributed by atoms with E-state index in [1.54, 1.807) is 0 Å². The van der Waals surface area contributed by atoms with Crippen LogP contribution in [-0.2, 0) is 4.79 Å². The van der Waals surface area contributed by atoms with Crippen molar-refractivity contribution < 1.29 is 4.79 Å². The van der Waals surface area contributed by atoms with Crippen molar-refractivity contribution in [1.29, 1.82) is 0 Å². The lowest BCUT2D eigenvalue weighted by Gasteiger charge is -2.30. The Bertz CT molecular complexity index is 336. The molecular formula is C17H32N2O. The van der Waals surface area contributed by atoms with Crippen LogP contribution in [0.1, 0.15) is 72.6 Å². The van der Waals surface area contributed by atoms with Crippen LogP contribution in [0.4, 0.5) is 0 Å². The molecule has 0 aromatic rings. The van der Waals surface area contributed by atoms with Gasteiger partial charge in [0.2, 0.25) is 5.91 Å². The summed E-state index contributed by atoms with van der Waals surface area (Å²) in [7, 11) is 0. The zero-order chi connectivity index (χ0) is 14.8. The van der Waals surface area contributed by atoms with Gasteiger partial charge in [-0.15, -0.1) is 0 Å². The molecular weight excluding hydrogens is 248 g/mol. The highest BCUT2D eigenvalue weighted by molar-refractivity contribution is 5.88. The van der Waals surface area contributed by atoms with E-state index in [4.69, 9.17) is 0 Å². The van der Waals surface area contributed by atoms with Crippen LogP contribution in [0.3, 0.4) is 0 Å². The summed E-state index contributed by atoms with van der Waals surface area (Å²) in [6.07, 6.45) is 9.19. The Morgan fingerprint density at radius 2 is 1.95 bits per heavy atom. The van der Waals surface area contributed by atoms with Gasteiger partial charge >= 0.3 is 0 Å². The third-order valence-corrected chi connectivity index (χ3v) is 5.38. The van der Waals surface area contributed by atoms with E-state index in [0.29, 0.717) is 11.8 Å². The second-order valence-corrected chi connectivity index (χ2v) is 7.31. The molecule has 3 heteroatoms. The summed E-state index contributed by atoms with van der Waals surface area (Å²) >= 11 is 0. The molecule has 2 fully saturated rings. The van der Waals surface area contributed by atoms with Gasteiger partial charge in [-0.3, -0.25) is 10.1 Å². The maximum absolute atomic E-state index is 12.7. The van der Waals surface area contributed by atoms with Crippen LogP contribution in [0, 0.1) is 11.8 Å². The van der Waals surface area contributed by atoms with E-state index in [-0.39, 0.29) is 11.7 Å². The summed E-state index contributed by atoms with van der Waals surface area (Å²) in [5, 5.41) is 3.58. The molecule has 1 aliphatic carbocycles. The van der Waals surface area contributed by atoms with Gasteiger partial charge in [-0.25, -0.2) is 0 Å². The Hall–Kier alpha value is -0.570. The Morgan fingerprint density at radius 1 is 1.30 bits per heavy atom. The van der Waals surface area contributed by atoms with Crippen molar-refractivity contribution in [2.75, 3.05) is 6.54 Å². The smallest absolute Gasteiger partial charge is 0.243 e. The van der Waals surface area contributed by atoms with Crippen LogP contribution < -0.4 is 5.32 Å². The Morgan fingerprint density at radius 3 is 2.50 bits per heavy atom. The lowest BCUT2D eigenvalue weighted by Crippen LogP contribution is -2.45. The summed E-state index contributed by atoms with van der Waals surface area (Å²) in [6.45, 7) is 9.52. The predicted molar refractivity (Wildman–Crippen MR) is 83.4 cm³/mol. The number of carbonyl (C=O) groups excluding carboxylic acids is 1. The second-order valence-electron chi connectivity index (χ2n) is 7.31. The normalized spacial score (nSPS) is 32.4. The number of rotatable bonds is 5. The highest BCUT2D eigenvalue weighted by Gasteiger charge is 2.47. The molecule has 2 unspecified atom stereocenters. The summed E-state index contributed by atoms with van der Waals surface area (Å²) in [6, 6.07) is 0. The Labute approximate surface area is 124 Å². The van der Waals surface area contributed by atoms with Crippen molar-refractivity contribution in [2.45, 2.75) is 84.3 Å². The van der Waals surface area contributed by atoms with E-state index in [1.165, 1.54) is 38.5 Å². The molecule has 0 aromatic carbocycles. The lowest BCUT2D eigenvalue weighted by molar-refractivity contribution is -0.133. The summed E-state index contributed by atoms with van der Waals surface area (Å²) < 4.78 is 0. The molecule has 116 valence electrons. The first-order valence-corrected chi connectivity index (χ1v) is 8.56. The lowest BCUT2D eigenvalue weighted by atomic mass is 9.87. The summed E-state index contributed by atoms with van der Waals surface area (Å²) in [4.78, 5) is 14.8. The highest BCUT2D eigenvalue weighted by Crippen LogP contribution is 2.30. The fourth-order valence-electron chi connectivity index (χ4n) is 3.73. The molecule has 2 rings (SSSR count). The number of hydrogen-bond acceptors (Lipinski definition) is 2. The number of hydrogen-bond donors (Lipinski definition) is 1. The maximum Gasteiger partial charge on any atom is 0.243 e. The van der Waals surface area contributed by atoms with Gasteiger partial charge in [-0.2, -0.15) is 0 Å². The average Bonchev–Trinajstić information content (AvgIpc) is 2.71. The van der Waals surface area contributed by atoms with Crippen molar-refractivity contribution in [1.82, 2.24) is 10.2 Å². The third kappa shape index (κ3) is 3.19. The molecule has 1 aliphatic heterocycles. The fraction of sp³-hybridized carbons (Fsp3) is 0.941. The number of carbonyl (C=O) groups is 1. The molecule has 2 aliphatic rings. The molecule has 1 N–H and O–H groups in total. The molecule has 0 spiro atoms. The average molecular weight is 280 g/mol. The summed E-state index contributed by atoms with van der Waals surface area (Å²) in [5.41, 5.74) is -0.346. The van der Waals surface area contributed by atoms with Crippen LogP contribution in [0.5, 0.6) is 0 Å². The second kappa shape index (κ2) is 6.46. The standard InChI is InChI=1S/C17H32N2O/c1-5-17(4)16(20)19(15(18-17)13(2)3)12-11-14-9-7-6-8-10-14/h13-15,18H,5-12H2,1-4H3. The largest absolute Gasteiger partial charge is 0.325 e. The van der Waals surface area contributed by atoms with Gasteiger partial charge in [-0.05, 0) is 31.6 Å². The van der Waals surface area contributed by atoms with Gasteiger partial charge in [-0.1, -0.05) is 52.9 Å². The first-order valence-electron chi connectivity index (χ1n) is 8.56. The first-order chi connectivity index (χ1) is 9.48. The van der Waals surface area contributed by atoms with Crippen LogP contribution in [0.2, 0.25) is 0 Å². The predicted octanol–water partition coefficient (Wildman–Crippen LogP) is 3.54. The van der Waals surface area contributed by atoms with Gasteiger partial charge in [0.15, 0.2) is 0 Å². The molecule has 3 nitrogen and oxygen atoms in total. The van der Waals surface area contributed by atoms with Crippen molar-refractivity contribution >= 4 is 5.91 Å². The minimum Gasteiger partial charge on any atom is -0.325 e. The van der Waals surface area contributed by atoms with Crippen molar-refractivity contribution in [3.63, 3.8) is 0 Å². The van der Waals surface area contributed by atoms with Crippen molar-refractivity contribution in [3.05, 3.63) is 0 Å². The minimum atomic E-state index is -0.346. The summed E-state index contributed by atoms with van der Waals surface area (Å²) in [5.74, 6) is 1.63. The highest BCUT2D eigenvalue weighted by atomic mass is 16.2. The molecule has 1 saturated heterocycles. The van der Waals surface area contributed by atoms with Crippen LogP contribution in [-0.4, -0.2) is 29.1 Å². The molecule has 0 aromatic heterocycles. The van der Waals surface area contributed by atoms with Crippen molar-refractivity contribution in [2.24, 2.45) is 11.8 Å². The van der Waals surface area contributed by atoms with Crippen molar-refractivity contribution in [3.8, 4) is 0 Å². The van der Waals surface area contributed by atoms with Gasteiger partial charge in [0.1, 0.15) is 0 Å². The number of nitrogens with zero attached hydrogens (tertiary/aromatic N) is 1. The monoisotopic (exact) mass is 280 g/mol. The Kier molecular flexibility index (Phi) is 5.11. The van der Waals surface area contributed by atoms with Crippen LogP contribution >= 0.6 is 0 Å². The molecule has 0 bridgehead atoms. The van der Waals surface area contributed by atoms with E-state index in [9.17, 15) is 4.79 Å². The molecule has 1 saturated carbocycles. The topological polar surface area (TPSA) is 32.3 Å². The molecule has 1 amide bonds. The number of amides is 1.